The summed E-state index contributed by atoms with van der Waals surface area (Å²) in [7, 11) is 0. The van der Waals surface area contributed by atoms with Crippen molar-refractivity contribution in [3.8, 4) is 28.3 Å². The molecule has 8 aromatic rings. The third-order valence-electron chi connectivity index (χ3n) is 9.44. The van der Waals surface area contributed by atoms with Crippen LogP contribution in [-0.4, -0.2) is 14.5 Å². The number of para-hydroxylation sites is 1. The van der Waals surface area contributed by atoms with Crippen molar-refractivity contribution >= 4 is 55.0 Å². The summed E-state index contributed by atoms with van der Waals surface area (Å²) in [5, 5.41) is 3.34. The third kappa shape index (κ3) is 5.61. The normalized spacial score (nSPS) is 12.5. The number of benzene rings is 5. The molecular formula is C47H37N3O. The second-order valence-corrected chi connectivity index (χ2v) is 12.5. The summed E-state index contributed by atoms with van der Waals surface area (Å²) in [6, 6.07) is 40.2. The molecule has 0 saturated heterocycles. The van der Waals surface area contributed by atoms with Crippen molar-refractivity contribution in [2.45, 2.75) is 20.3 Å². The SMILES string of the molecule is C=C/C=C(\C=C)c1ccc2c(c1)c1cc(C(/C=C\CC)=C/C)ccc1n2-c1ccc(-c2nc(-c3ccccc3)nc3c2oc2ccccc23)cc1. The van der Waals surface area contributed by atoms with Gasteiger partial charge in [0.25, 0.3) is 0 Å². The summed E-state index contributed by atoms with van der Waals surface area (Å²) in [4.78, 5) is 10.1. The maximum absolute atomic E-state index is 6.41. The van der Waals surface area contributed by atoms with E-state index in [0.717, 1.165) is 67.6 Å². The van der Waals surface area contributed by atoms with Gasteiger partial charge in [-0.15, -0.1) is 0 Å². The molecule has 0 aliphatic rings. The predicted octanol–water partition coefficient (Wildman–Crippen LogP) is 12.9. The molecule has 4 nitrogen and oxygen atoms in total. The number of furan rings is 1. The van der Waals surface area contributed by atoms with E-state index in [0.29, 0.717) is 11.4 Å². The molecule has 51 heavy (non-hydrogen) atoms. The van der Waals surface area contributed by atoms with E-state index in [2.05, 4.69) is 117 Å². The van der Waals surface area contributed by atoms with Crippen molar-refractivity contribution < 1.29 is 4.42 Å². The topological polar surface area (TPSA) is 43.9 Å². The predicted molar refractivity (Wildman–Crippen MR) is 216 cm³/mol. The molecule has 0 aliphatic carbocycles. The van der Waals surface area contributed by atoms with Gasteiger partial charge in [0, 0.05) is 33.0 Å². The Bertz CT molecular complexity index is 2700. The molecule has 0 bridgehead atoms. The quantitative estimate of drug-likeness (QED) is 0.145. The van der Waals surface area contributed by atoms with Gasteiger partial charge >= 0.3 is 0 Å². The average Bonchev–Trinajstić information content (AvgIpc) is 3.72. The summed E-state index contributed by atoms with van der Waals surface area (Å²) in [5.74, 6) is 0.668. The molecular weight excluding hydrogens is 623 g/mol. The Kier molecular flexibility index (Phi) is 8.35. The standard InChI is InChI=1S/C47H37N3O/c1-5-9-16-32(8-4)36-24-28-42-40(30-36)39-29-35(31(7-3)15-6-2)23-27-41(39)50(42)37-25-21-33(22-26-37)44-46-45(38-19-13-14-20-43(38)51-46)49-47(48-44)34-17-11-10-12-18-34/h6-30H,2-3,5H2,1,4H3/b16-9-,31-15+,32-8+. The van der Waals surface area contributed by atoms with Crippen LogP contribution in [0.4, 0.5) is 0 Å². The Morgan fingerprint density at radius 2 is 1.41 bits per heavy atom. The number of hydrogen-bond donors (Lipinski definition) is 0. The number of nitrogens with zero attached hydrogens (tertiary/aromatic N) is 3. The number of hydrogen-bond acceptors (Lipinski definition) is 3. The lowest BCUT2D eigenvalue weighted by Crippen LogP contribution is -1.96. The minimum Gasteiger partial charge on any atom is -0.452 e. The summed E-state index contributed by atoms with van der Waals surface area (Å²) in [6.07, 6.45) is 13.3. The average molecular weight is 660 g/mol. The van der Waals surface area contributed by atoms with Gasteiger partial charge in [-0.2, -0.15) is 0 Å². The Morgan fingerprint density at radius 3 is 2.08 bits per heavy atom. The smallest absolute Gasteiger partial charge is 0.180 e. The highest BCUT2D eigenvalue weighted by atomic mass is 16.3. The highest BCUT2D eigenvalue weighted by Crippen LogP contribution is 2.38. The molecule has 0 N–H and O–H groups in total. The van der Waals surface area contributed by atoms with E-state index in [-0.39, 0.29) is 0 Å². The maximum atomic E-state index is 6.41. The van der Waals surface area contributed by atoms with Gasteiger partial charge in [0.1, 0.15) is 16.8 Å². The highest BCUT2D eigenvalue weighted by Gasteiger charge is 2.19. The molecule has 8 rings (SSSR count). The Morgan fingerprint density at radius 1 is 0.725 bits per heavy atom. The van der Waals surface area contributed by atoms with Crippen molar-refractivity contribution in [1.82, 2.24) is 14.5 Å². The monoisotopic (exact) mass is 659 g/mol. The van der Waals surface area contributed by atoms with Gasteiger partial charge in [-0.1, -0.05) is 123 Å². The molecule has 0 atom stereocenters. The van der Waals surface area contributed by atoms with Gasteiger partial charge in [0.05, 0.1) is 11.0 Å². The largest absolute Gasteiger partial charge is 0.452 e. The molecule has 0 unspecified atom stereocenters. The van der Waals surface area contributed by atoms with Crippen molar-refractivity contribution in [1.29, 1.82) is 0 Å². The van der Waals surface area contributed by atoms with Crippen LogP contribution in [0.15, 0.2) is 169 Å². The molecule has 0 aliphatic heterocycles. The molecule has 0 amide bonds. The van der Waals surface area contributed by atoms with Gasteiger partial charge in [-0.05, 0) is 84.1 Å². The fourth-order valence-electron chi connectivity index (χ4n) is 6.94. The van der Waals surface area contributed by atoms with E-state index >= 15 is 0 Å². The Labute approximate surface area is 297 Å². The molecule has 246 valence electrons. The van der Waals surface area contributed by atoms with Gasteiger partial charge in [-0.25, -0.2) is 9.97 Å². The zero-order chi connectivity index (χ0) is 34.9. The first-order valence-corrected chi connectivity index (χ1v) is 17.3. The van der Waals surface area contributed by atoms with Crippen LogP contribution >= 0.6 is 0 Å². The van der Waals surface area contributed by atoms with Crippen LogP contribution in [0, 0.1) is 0 Å². The maximum Gasteiger partial charge on any atom is 0.180 e. The van der Waals surface area contributed by atoms with Crippen LogP contribution in [0.3, 0.4) is 0 Å². The summed E-state index contributed by atoms with van der Waals surface area (Å²) >= 11 is 0. The molecule has 0 saturated carbocycles. The number of aromatic nitrogens is 3. The molecule has 4 heteroatoms. The molecule has 3 heterocycles. The van der Waals surface area contributed by atoms with Crippen LogP contribution in [0.5, 0.6) is 0 Å². The van der Waals surface area contributed by atoms with E-state index in [1.807, 2.05) is 66.8 Å². The van der Waals surface area contributed by atoms with Crippen molar-refractivity contribution in [3.63, 3.8) is 0 Å². The van der Waals surface area contributed by atoms with Crippen LogP contribution in [0.1, 0.15) is 31.4 Å². The first kappa shape index (κ1) is 31.7. The Hall–Kier alpha value is -6.52. The van der Waals surface area contributed by atoms with Gasteiger partial charge in [0.15, 0.2) is 11.4 Å². The van der Waals surface area contributed by atoms with Crippen LogP contribution < -0.4 is 0 Å². The lowest BCUT2D eigenvalue weighted by Gasteiger charge is -2.11. The molecule has 3 aromatic heterocycles. The lowest BCUT2D eigenvalue weighted by molar-refractivity contribution is 0.667. The van der Waals surface area contributed by atoms with Crippen LogP contribution in [-0.2, 0) is 0 Å². The van der Waals surface area contributed by atoms with Gasteiger partial charge < -0.3 is 8.98 Å². The van der Waals surface area contributed by atoms with Crippen molar-refractivity contribution in [3.05, 3.63) is 176 Å². The molecule has 5 aromatic carbocycles. The van der Waals surface area contributed by atoms with E-state index in [1.54, 1.807) is 0 Å². The summed E-state index contributed by atoms with van der Waals surface area (Å²) in [6.45, 7) is 12.2. The number of allylic oxidation sites excluding steroid dienone is 8. The number of fused-ring (bicyclic) bond motifs is 6. The molecule has 0 spiro atoms. The van der Waals surface area contributed by atoms with E-state index in [1.165, 1.54) is 21.9 Å². The van der Waals surface area contributed by atoms with Gasteiger partial charge in [0.2, 0.25) is 0 Å². The fraction of sp³-hybridized carbons (Fsp3) is 0.0638. The fourth-order valence-corrected chi connectivity index (χ4v) is 6.94. The zero-order valence-electron chi connectivity index (χ0n) is 28.8. The van der Waals surface area contributed by atoms with E-state index in [4.69, 9.17) is 14.4 Å². The van der Waals surface area contributed by atoms with Crippen LogP contribution in [0.2, 0.25) is 0 Å². The minimum absolute atomic E-state index is 0.668. The van der Waals surface area contributed by atoms with E-state index in [9.17, 15) is 0 Å². The first-order valence-electron chi connectivity index (χ1n) is 17.3. The summed E-state index contributed by atoms with van der Waals surface area (Å²) < 4.78 is 8.75. The number of rotatable bonds is 9. The lowest BCUT2D eigenvalue weighted by atomic mass is 9.99. The van der Waals surface area contributed by atoms with Crippen LogP contribution in [0.25, 0.3) is 83.4 Å². The zero-order valence-corrected chi connectivity index (χ0v) is 28.8. The second kappa shape index (κ2) is 13.4. The molecule has 0 fully saturated rings. The van der Waals surface area contributed by atoms with Crippen molar-refractivity contribution in [2.24, 2.45) is 0 Å². The molecule has 0 radical (unpaired) electrons. The van der Waals surface area contributed by atoms with Crippen molar-refractivity contribution in [2.75, 3.05) is 0 Å². The Balaban J connectivity index is 1.31. The highest BCUT2D eigenvalue weighted by molar-refractivity contribution is 6.11. The van der Waals surface area contributed by atoms with Gasteiger partial charge in [-0.3, -0.25) is 0 Å². The third-order valence-corrected chi connectivity index (χ3v) is 9.44. The second-order valence-electron chi connectivity index (χ2n) is 12.5. The first-order chi connectivity index (χ1) is 25.1. The minimum atomic E-state index is 0.668. The summed E-state index contributed by atoms with van der Waals surface area (Å²) in [5.41, 5.74) is 12.8. The van der Waals surface area contributed by atoms with E-state index < -0.39 is 0 Å².